The third-order valence-electron chi connectivity index (χ3n) is 3.66. The number of carbonyl (C=O) groups excluding carboxylic acids is 1. The second kappa shape index (κ2) is 6.91. The van der Waals surface area contributed by atoms with Crippen molar-refractivity contribution in [2.24, 2.45) is 5.92 Å². The normalized spacial score (nSPS) is 24.1. The molecule has 1 fully saturated rings. The Morgan fingerprint density at radius 2 is 2.37 bits per heavy atom. The Morgan fingerprint density at radius 3 is 3.00 bits per heavy atom. The molecule has 1 aliphatic carbocycles. The summed E-state index contributed by atoms with van der Waals surface area (Å²) in [6.07, 6.45) is 2.51. The predicted octanol–water partition coefficient (Wildman–Crippen LogP) is 2.31. The smallest absolute Gasteiger partial charge is 0.314 e. The third-order valence-corrected chi connectivity index (χ3v) is 4.77. The Balaban J connectivity index is 1.62. The molecule has 0 spiro atoms. The van der Waals surface area contributed by atoms with Gasteiger partial charge in [0.25, 0.3) is 0 Å². The molecular formula is C14H22N2O2S. The highest BCUT2D eigenvalue weighted by atomic mass is 32.1. The van der Waals surface area contributed by atoms with E-state index in [4.69, 9.17) is 0 Å². The van der Waals surface area contributed by atoms with Crippen LogP contribution in [0.4, 0.5) is 4.79 Å². The standard InChI is InChI=1S/C14H22N2O2S/c1-10(13-3-2-6-19-13)8-15-14(18)16-9-11-4-5-12(17)7-11/h2-3,6,10-12,17H,4-5,7-9H2,1H3,(H2,15,16,18)/t10-,11-,12-/m1/s1. The Labute approximate surface area is 118 Å². The molecule has 106 valence electrons. The van der Waals surface area contributed by atoms with Crippen LogP contribution in [0.2, 0.25) is 0 Å². The summed E-state index contributed by atoms with van der Waals surface area (Å²) >= 11 is 1.72. The number of hydrogen-bond donors (Lipinski definition) is 3. The van der Waals surface area contributed by atoms with Crippen molar-refractivity contribution in [2.45, 2.75) is 38.2 Å². The number of nitrogens with one attached hydrogen (secondary N) is 2. The van der Waals surface area contributed by atoms with Crippen LogP contribution in [0.25, 0.3) is 0 Å². The van der Waals surface area contributed by atoms with Crippen LogP contribution in [0.5, 0.6) is 0 Å². The molecule has 1 heterocycles. The molecule has 1 saturated carbocycles. The first-order valence-corrected chi connectivity index (χ1v) is 7.76. The van der Waals surface area contributed by atoms with Crippen LogP contribution in [-0.4, -0.2) is 30.3 Å². The maximum Gasteiger partial charge on any atom is 0.314 e. The number of carbonyl (C=O) groups is 1. The van der Waals surface area contributed by atoms with E-state index in [1.54, 1.807) is 11.3 Å². The van der Waals surface area contributed by atoms with Crippen LogP contribution >= 0.6 is 11.3 Å². The number of urea groups is 1. The average Bonchev–Trinajstić information content (AvgIpc) is 3.04. The Hall–Kier alpha value is -1.07. The topological polar surface area (TPSA) is 61.4 Å². The summed E-state index contributed by atoms with van der Waals surface area (Å²) in [6.45, 7) is 3.43. The molecule has 2 amide bonds. The molecule has 5 heteroatoms. The first-order chi connectivity index (χ1) is 9.15. The predicted molar refractivity (Wildman–Crippen MR) is 77.5 cm³/mol. The lowest BCUT2D eigenvalue weighted by Crippen LogP contribution is -2.39. The van der Waals surface area contributed by atoms with Crippen molar-refractivity contribution in [1.82, 2.24) is 10.6 Å². The van der Waals surface area contributed by atoms with E-state index in [9.17, 15) is 9.90 Å². The molecule has 1 aliphatic rings. The zero-order valence-electron chi connectivity index (χ0n) is 11.3. The lowest BCUT2D eigenvalue weighted by molar-refractivity contribution is 0.177. The second-order valence-corrected chi connectivity index (χ2v) is 6.32. The van der Waals surface area contributed by atoms with E-state index in [1.807, 2.05) is 6.07 Å². The highest BCUT2D eigenvalue weighted by molar-refractivity contribution is 7.10. The molecule has 1 aromatic rings. The molecule has 0 saturated heterocycles. The molecule has 0 radical (unpaired) electrons. The zero-order valence-corrected chi connectivity index (χ0v) is 12.1. The van der Waals surface area contributed by atoms with E-state index in [-0.39, 0.29) is 12.1 Å². The van der Waals surface area contributed by atoms with Crippen molar-refractivity contribution in [3.8, 4) is 0 Å². The van der Waals surface area contributed by atoms with Gasteiger partial charge in [-0.05, 0) is 36.6 Å². The Kier molecular flexibility index (Phi) is 5.22. The fourth-order valence-corrected chi connectivity index (χ4v) is 3.24. The van der Waals surface area contributed by atoms with Crippen molar-refractivity contribution in [2.75, 3.05) is 13.1 Å². The van der Waals surface area contributed by atoms with E-state index in [0.717, 1.165) is 19.3 Å². The molecule has 4 nitrogen and oxygen atoms in total. The van der Waals surface area contributed by atoms with Gasteiger partial charge < -0.3 is 15.7 Å². The lowest BCUT2D eigenvalue weighted by Gasteiger charge is -2.14. The Bertz CT molecular complexity index is 394. The first-order valence-electron chi connectivity index (χ1n) is 6.88. The van der Waals surface area contributed by atoms with Gasteiger partial charge in [0.1, 0.15) is 0 Å². The SMILES string of the molecule is C[C@H](CNC(=O)NC[C@@H]1CC[C@@H](O)C1)c1cccs1. The monoisotopic (exact) mass is 282 g/mol. The van der Waals surface area contributed by atoms with Gasteiger partial charge in [0.2, 0.25) is 0 Å². The van der Waals surface area contributed by atoms with E-state index in [1.165, 1.54) is 4.88 Å². The third kappa shape index (κ3) is 4.51. The largest absolute Gasteiger partial charge is 0.393 e. The van der Waals surface area contributed by atoms with Gasteiger partial charge in [0.05, 0.1) is 6.10 Å². The van der Waals surface area contributed by atoms with Crippen LogP contribution in [0.15, 0.2) is 17.5 Å². The number of hydrogen-bond acceptors (Lipinski definition) is 3. The zero-order chi connectivity index (χ0) is 13.7. The fraction of sp³-hybridized carbons (Fsp3) is 0.643. The maximum atomic E-state index is 11.7. The van der Waals surface area contributed by atoms with Crippen molar-refractivity contribution in [3.63, 3.8) is 0 Å². The average molecular weight is 282 g/mol. The first kappa shape index (κ1) is 14.3. The molecule has 0 aliphatic heterocycles. The maximum absolute atomic E-state index is 11.7. The molecular weight excluding hydrogens is 260 g/mol. The summed E-state index contributed by atoms with van der Waals surface area (Å²) < 4.78 is 0. The number of thiophene rings is 1. The molecule has 3 N–H and O–H groups in total. The Morgan fingerprint density at radius 1 is 1.53 bits per heavy atom. The van der Waals surface area contributed by atoms with Gasteiger partial charge in [0, 0.05) is 23.9 Å². The summed E-state index contributed by atoms with van der Waals surface area (Å²) in [4.78, 5) is 13.0. The van der Waals surface area contributed by atoms with E-state index in [2.05, 4.69) is 29.0 Å². The molecule has 0 bridgehead atoms. The summed E-state index contributed by atoms with van der Waals surface area (Å²) in [5.74, 6) is 0.773. The number of amides is 2. The van der Waals surface area contributed by atoms with Gasteiger partial charge in [-0.25, -0.2) is 4.79 Å². The summed E-state index contributed by atoms with van der Waals surface area (Å²) in [5.41, 5.74) is 0. The van der Waals surface area contributed by atoms with Crippen molar-refractivity contribution in [1.29, 1.82) is 0 Å². The van der Waals surface area contributed by atoms with E-state index < -0.39 is 0 Å². The highest BCUT2D eigenvalue weighted by Crippen LogP contribution is 2.24. The summed E-state index contributed by atoms with van der Waals surface area (Å²) in [6, 6.07) is 4.02. The highest BCUT2D eigenvalue weighted by Gasteiger charge is 2.22. The number of aliphatic hydroxyl groups excluding tert-OH is 1. The van der Waals surface area contributed by atoms with Crippen LogP contribution in [0.1, 0.15) is 37.0 Å². The molecule has 3 atom stereocenters. The van der Waals surface area contributed by atoms with E-state index in [0.29, 0.717) is 24.9 Å². The molecule has 1 aromatic heterocycles. The van der Waals surface area contributed by atoms with Gasteiger partial charge >= 0.3 is 6.03 Å². The molecule has 19 heavy (non-hydrogen) atoms. The van der Waals surface area contributed by atoms with Gasteiger partial charge in [-0.2, -0.15) is 0 Å². The van der Waals surface area contributed by atoms with Crippen LogP contribution in [-0.2, 0) is 0 Å². The van der Waals surface area contributed by atoms with Gasteiger partial charge in [-0.3, -0.25) is 0 Å². The van der Waals surface area contributed by atoms with Crippen LogP contribution in [0, 0.1) is 5.92 Å². The van der Waals surface area contributed by atoms with Crippen LogP contribution < -0.4 is 10.6 Å². The van der Waals surface area contributed by atoms with Crippen molar-refractivity contribution < 1.29 is 9.90 Å². The van der Waals surface area contributed by atoms with E-state index >= 15 is 0 Å². The quantitative estimate of drug-likeness (QED) is 0.776. The van der Waals surface area contributed by atoms with Crippen molar-refractivity contribution in [3.05, 3.63) is 22.4 Å². The number of rotatable bonds is 5. The van der Waals surface area contributed by atoms with Crippen LogP contribution in [0.3, 0.4) is 0 Å². The molecule has 0 aromatic carbocycles. The lowest BCUT2D eigenvalue weighted by atomic mass is 10.1. The summed E-state index contributed by atoms with van der Waals surface area (Å²) in [5, 5.41) is 17.3. The van der Waals surface area contributed by atoms with Gasteiger partial charge in [-0.15, -0.1) is 11.3 Å². The van der Waals surface area contributed by atoms with Crippen molar-refractivity contribution >= 4 is 17.4 Å². The second-order valence-electron chi connectivity index (χ2n) is 5.34. The molecule has 2 rings (SSSR count). The minimum Gasteiger partial charge on any atom is -0.393 e. The minimum atomic E-state index is -0.172. The summed E-state index contributed by atoms with van der Waals surface area (Å²) in [7, 11) is 0. The molecule has 0 unspecified atom stereocenters. The number of aliphatic hydroxyl groups is 1. The van der Waals surface area contributed by atoms with Gasteiger partial charge in [-0.1, -0.05) is 13.0 Å². The fourth-order valence-electron chi connectivity index (χ4n) is 2.45. The minimum absolute atomic E-state index is 0.107. The van der Waals surface area contributed by atoms with Gasteiger partial charge in [0.15, 0.2) is 0 Å².